The SMILES string of the molecule is COC(=O)C(C)NC(=O)c1cc(-c2ccc(Cl)cc2)nn1C. The number of amides is 1. The van der Waals surface area contributed by atoms with Crippen molar-refractivity contribution in [2.45, 2.75) is 13.0 Å². The first kappa shape index (κ1) is 16.0. The summed E-state index contributed by atoms with van der Waals surface area (Å²) in [5.41, 5.74) is 1.84. The smallest absolute Gasteiger partial charge is 0.328 e. The number of halogens is 1. The van der Waals surface area contributed by atoms with Crippen molar-refractivity contribution >= 4 is 23.5 Å². The number of benzene rings is 1. The molecule has 0 fully saturated rings. The zero-order chi connectivity index (χ0) is 16.3. The fourth-order valence-corrected chi connectivity index (χ4v) is 2.07. The Balaban J connectivity index is 2.21. The number of esters is 1. The molecule has 1 amide bonds. The van der Waals surface area contributed by atoms with Gasteiger partial charge < -0.3 is 10.1 Å². The summed E-state index contributed by atoms with van der Waals surface area (Å²) in [7, 11) is 2.94. The third-order valence-corrected chi connectivity index (χ3v) is 3.41. The molecule has 0 aliphatic carbocycles. The number of aromatic nitrogens is 2. The molecule has 0 radical (unpaired) electrons. The summed E-state index contributed by atoms with van der Waals surface area (Å²) in [4.78, 5) is 23.5. The van der Waals surface area contributed by atoms with Crippen LogP contribution in [0.25, 0.3) is 11.3 Å². The Bertz CT molecular complexity index is 695. The van der Waals surface area contributed by atoms with Crippen molar-refractivity contribution in [2.75, 3.05) is 7.11 Å². The molecular weight excluding hydrogens is 306 g/mol. The van der Waals surface area contributed by atoms with Crippen molar-refractivity contribution in [2.24, 2.45) is 7.05 Å². The normalized spacial score (nSPS) is 11.8. The first-order valence-electron chi connectivity index (χ1n) is 6.61. The average Bonchev–Trinajstić information content (AvgIpc) is 2.89. The Labute approximate surface area is 133 Å². The summed E-state index contributed by atoms with van der Waals surface area (Å²) in [6, 6.07) is 8.08. The van der Waals surface area contributed by atoms with E-state index in [2.05, 4.69) is 15.2 Å². The highest BCUT2D eigenvalue weighted by atomic mass is 35.5. The van der Waals surface area contributed by atoms with Crippen molar-refractivity contribution in [3.63, 3.8) is 0 Å². The van der Waals surface area contributed by atoms with E-state index in [4.69, 9.17) is 11.6 Å². The van der Waals surface area contributed by atoms with Gasteiger partial charge in [-0.1, -0.05) is 23.7 Å². The molecule has 2 aromatic rings. The van der Waals surface area contributed by atoms with Crippen LogP contribution in [0.1, 0.15) is 17.4 Å². The molecule has 0 bridgehead atoms. The van der Waals surface area contributed by atoms with Crippen molar-refractivity contribution in [1.82, 2.24) is 15.1 Å². The maximum Gasteiger partial charge on any atom is 0.328 e. The van der Waals surface area contributed by atoms with Crippen molar-refractivity contribution in [3.8, 4) is 11.3 Å². The van der Waals surface area contributed by atoms with Gasteiger partial charge in [-0.15, -0.1) is 0 Å². The molecule has 1 unspecified atom stereocenters. The lowest BCUT2D eigenvalue weighted by Gasteiger charge is -2.11. The molecule has 1 atom stereocenters. The number of rotatable bonds is 4. The second-order valence-corrected chi connectivity index (χ2v) is 5.20. The zero-order valence-electron chi connectivity index (χ0n) is 12.5. The monoisotopic (exact) mass is 321 g/mol. The van der Waals surface area contributed by atoms with Gasteiger partial charge >= 0.3 is 5.97 Å². The second kappa shape index (κ2) is 6.62. The highest BCUT2D eigenvalue weighted by Crippen LogP contribution is 2.21. The molecule has 7 heteroatoms. The van der Waals surface area contributed by atoms with E-state index in [-0.39, 0.29) is 0 Å². The van der Waals surface area contributed by atoms with Crippen molar-refractivity contribution < 1.29 is 14.3 Å². The molecule has 1 heterocycles. The van der Waals surface area contributed by atoms with Gasteiger partial charge in [0, 0.05) is 17.6 Å². The number of nitrogens with zero attached hydrogens (tertiary/aromatic N) is 2. The molecular formula is C15H16ClN3O3. The largest absolute Gasteiger partial charge is 0.467 e. The van der Waals surface area contributed by atoms with Gasteiger partial charge in [0.1, 0.15) is 11.7 Å². The van der Waals surface area contributed by atoms with E-state index in [0.717, 1.165) is 5.56 Å². The Morgan fingerprint density at radius 2 is 1.95 bits per heavy atom. The first-order chi connectivity index (χ1) is 10.4. The molecule has 1 aromatic carbocycles. The molecule has 0 aliphatic rings. The molecule has 6 nitrogen and oxygen atoms in total. The van der Waals surface area contributed by atoms with Crippen LogP contribution < -0.4 is 5.32 Å². The maximum absolute atomic E-state index is 12.2. The van der Waals surface area contributed by atoms with E-state index in [9.17, 15) is 9.59 Å². The number of carbonyl (C=O) groups is 2. The quantitative estimate of drug-likeness (QED) is 0.875. The number of nitrogens with one attached hydrogen (secondary N) is 1. The van der Waals surface area contributed by atoms with Gasteiger partial charge in [-0.25, -0.2) is 4.79 Å². The minimum absolute atomic E-state index is 0.348. The maximum atomic E-state index is 12.2. The molecule has 1 aromatic heterocycles. The molecule has 0 saturated heterocycles. The van der Waals surface area contributed by atoms with Crippen LogP contribution in [0.15, 0.2) is 30.3 Å². The molecule has 116 valence electrons. The minimum Gasteiger partial charge on any atom is -0.467 e. The van der Waals surface area contributed by atoms with E-state index >= 15 is 0 Å². The number of ether oxygens (including phenoxy) is 1. The van der Waals surface area contributed by atoms with E-state index in [1.165, 1.54) is 11.8 Å². The fourth-order valence-electron chi connectivity index (χ4n) is 1.95. The van der Waals surface area contributed by atoms with Crippen LogP contribution in [0.4, 0.5) is 0 Å². The van der Waals surface area contributed by atoms with E-state index in [1.54, 1.807) is 32.2 Å². The van der Waals surface area contributed by atoms with Crippen LogP contribution in [0.2, 0.25) is 5.02 Å². The van der Waals surface area contributed by atoms with Crippen molar-refractivity contribution in [1.29, 1.82) is 0 Å². The van der Waals surface area contributed by atoms with Crippen LogP contribution in [0.5, 0.6) is 0 Å². The highest BCUT2D eigenvalue weighted by molar-refractivity contribution is 6.30. The van der Waals surface area contributed by atoms with Crippen molar-refractivity contribution in [3.05, 3.63) is 41.0 Å². The summed E-state index contributed by atoms with van der Waals surface area (Å²) >= 11 is 5.85. The summed E-state index contributed by atoms with van der Waals surface area (Å²) in [6.07, 6.45) is 0. The third-order valence-electron chi connectivity index (χ3n) is 3.15. The lowest BCUT2D eigenvalue weighted by atomic mass is 10.1. The first-order valence-corrected chi connectivity index (χ1v) is 6.99. The molecule has 22 heavy (non-hydrogen) atoms. The van der Waals surface area contributed by atoms with Crippen LogP contribution in [0.3, 0.4) is 0 Å². The van der Waals surface area contributed by atoms with Gasteiger partial charge in [0.25, 0.3) is 5.91 Å². The van der Waals surface area contributed by atoms with Gasteiger partial charge in [0.05, 0.1) is 12.8 Å². The Kier molecular flexibility index (Phi) is 4.82. The number of carbonyl (C=O) groups excluding carboxylic acids is 2. The van der Waals surface area contributed by atoms with Gasteiger partial charge in [-0.2, -0.15) is 5.10 Å². The van der Waals surface area contributed by atoms with Crippen LogP contribution in [-0.4, -0.2) is 34.8 Å². The van der Waals surface area contributed by atoms with Gasteiger partial charge in [0.15, 0.2) is 0 Å². The summed E-state index contributed by atoms with van der Waals surface area (Å²) < 4.78 is 6.04. The van der Waals surface area contributed by atoms with Crippen LogP contribution >= 0.6 is 11.6 Å². The molecule has 0 saturated carbocycles. The predicted molar refractivity (Wildman–Crippen MR) is 82.6 cm³/mol. The van der Waals surface area contributed by atoms with E-state index < -0.39 is 17.9 Å². The molecule has 2 rings (SSSR count). The third kappa shape index (κ3) is 3.46. The number of aryl methyl sites for hydroxylation is 1. The van der Waals surface area contributed by atoms with Crippen LogP contribution in [-0.2, 0) is 16.6 Å². The Hall–Kier alpha value is -2.34. The topological polar surface area (TPSA) is 73.2 Å². The number of hydrogen-bond acceptors (Lipinski definition) is 4. The summed E-state index contributed by atoms with van der Waals surface area (Å²) in [6.45, 7) is 1.56. The minimum atomic E-state index is -0.730. The highest BCUT2D eigenvalue weighted by Gasteiger charge is 2.20. The molecule has 0 spiro atoms. The predicted octanol–water partition coefficient (Wildman–Crippen LogP) is 2.03. The van der Waals surface area contributed by atoms with Gasteiger partial charge in [0.2, 0.25) is 0 Å². The van der Waals surface area contributed by atoms with Gasteiger partial charge in [-0.05, 0) is 25.1 Å². The summed E-state index contributed by atoms with van der Waals surface area (Å²) in [5, 5.41) is 7.50. The number of methoxy groups -OCH3 is 1. The van der Waals surface area contributed by atoms with Crippen LogP contribution in [0, 0.1) is 0 Å². The Morgan fingerprint density at radius 3 is 2.55 bits per heavy atom. The average molecular weight is 322 g/mol. The number of hydrogen-bond donors (Lipinski definition) is 1. The van der Waals surface area contributed by atoms with E-state index in [0.29, 0.717) is 16.4 Å². The van der Waals surface area contributed by atoms with Gasteiger partial charge in [-0.3, -0.25) is 9.48 Å². The lowest BCUT2D eigenvalue weighted by molar-refractivity contribution is -0.142. The van der Waals surface area contributed by atoms with E-state index in [1.807, 2.05) is 12.1 Å². The zero-order valence-corrected chi connectivity index (χ0v) is 13.2. The fraction of sp³-hybridized carbons (Fsp3) is 0.267. The second-order valence-electron chi connectivity index (χ2n) is 4.76. The molecule has 0 aliphatic heterocycles. The lowest BCUT2D eigenvalue weighted by Crippen LogP contribution is -2.39. The summed E-state index contributed by atoms with van der Waals surface area (Å²) in [5.74, 6) is -0.901. The molecule has 1 N–H and O–H groups in total. The standard InChI is InChI=1S/C15H16ClN3O3/c1-9(15(21)22-3)17-14(20)13-8-12(18-19(13)2)10-4-6-11(16)7-5-10/h4-9H,1-3H3,(H,17,20). The Morgan fingerprint density at radius 1 is 1.32 bits per heavy atom.